The number of phosphoric acid groups is 1. The molecule has 13 heavy (non-hydrogen) atoms. The topological polar surface area (TPSA) is 150 Å². The monoisotopic (exact) mass is 209 g/mol. The van der Waals surface area contributed by atoms with Crippen LogP contribution in [0.3, 0.4) is 0 Å². The molecule has 0 radical (unpaired) electrons. The summed E-state index contributed by atoms with van der Waals surface area (Å²) < 4.78 is 8.88. The average Bonchev–Trinajstić information content (AvgIpc) is 2.31. The first-order valence-electron chi connectivity index (χ1n) is 2.87. The molecule has 0 aliphatic rings. The fraction of sp³-hybridized carbons (Fsp3) is 0. The molecule has 6 N–H and O–H groups in total. The normalized spacial score (nSPS) is 10.1. The summed E-state index contributed by atoms with van der Waals surface area (Å²) in [6.07, 6.45) is 2.82. The molecule has 8 nitrogen and oxygen atoms in total. The third-order valence-electron chi connectivity index (χ3n) is 0.783. The van der Waals surface area contributed by atoms with Gasteiger partial charge < -0.3 is 20.4 Å². The Balaban J connectivity index is 0.000000252. The second-order valence-corrected chi connectivity index (χ2v) is 2.89. The highest BCUT2D eigenvalue weighted by molar-refractivity contribution is 7.45. The molecule has 74 valence electrons. The molecule has 0 atom stereocenters. The standard InChI is InChI=1S/C4H5N3O.H3O4P/c5-4(8)3-1-6-7-2-3;1-5(2,3)4/h1-2H,(H2,5,8)(H,6,7);(H3,1,2,3,4). The quantitative estimate of drug-likeness (QED) is 0.358. The Labute approximate surface area is 72.6 Å². The number of hydrogen-bond donors (Lipinski definition) is 5. The SMILES string of the molecule is NC(=O)c1cn[nH]c1.O=P(O)(O)O. The summed E-state index contributed by atoms with van der Waals surface area (Å²) in [4.78, 5) is 31.8. The smallest absolute Gasteiger partial charge is 0.366 e. The van der Waals surface area contributed by atoms with Gasteiger partial charge in [-0.2, -0.15) is 5.10 Å². The molecule has 0 fully saturated rings. The maximum absolute atomic E-state index is 10.2. The summed E-state index contributed by atoms with van der Waals surface area (Å²) in [5.74, 6) is -0.459. The molecule has 9 heteroatoms. The molecule has 1 aromatic rings. The van der Waals surface area contributed by atoms with E-state index in [0.29, 0.717) is 5.56 Å². The molecule has 0 aliphatic carbocycles. The zero-order chi connectivity index (χ0) is 10.5. The molecular weight excluding hydrogens is 201 g/mol. The predicted molar refractivity (Wildman–Crippen MR) is 41.4 cm³/mol. The van der Waals surface area contributed by atoms with E-state index in [1.807, 2.05) is 0 Å². The second kappa shape index (κ2) is 4.73. The largest absolute Gasteiger partial charge is 0.466 e. The number of primary amides is 1. The minimum absolute atomic E-state index is 0.407. The van der Waals surface area contributed by atoms with E-state index in [9.17, 15) is 4.79 Å². The van der Waals surface area contributed by atoms with E-state index in [2.05, 4.69) is 10.2 Å². The summed E-state index contributed by atoms with van der Waals surface area (Å²) >= 11 is 0. The second-order valence-electron chi connectivity index (χ2n) is 1.86. The van der Waals surface area contributed by atoms with Crippen molar-refractivity contribution in [3.05, 3.63) is 18.0 Å². The maximum Gasteiger partial charge on any atom is 0.466 e. The van der Waals surface area contributed by atoms with Gasteiger partial charge in [0.25, 0.3) is 5.91 Å². The lowest BCUT2D eigenvalue weighted by Gasteiger charge is -1.82. The molecule has 0 unspecified atom stereocenters. The van der Waals surface area contributed by atoms with Gasteiger partial charge in [-0.25, -0.2) is 4.57 Å². The van der Waals surface area contributed by atoms with Crippen LogP contribution in [0.5, 0.6) is 0 Å². The number of carbonyl (C=O) groups is 1. The average molecular weight is 209 g/mol. The van der Waals surface area contributed by atoms with Crippen molar-refractivity contribution in [2.24, 2.45) is 5.73 Å². The molecule has 1 heterocycles. The van der Waals surface area contributed by atoms with Gasteiger partial charge in [0, 0.05) is 6.20 Å². The molecule has 0 bridgehead atoms. The molecule has 1 rings (SSSR count). The van der Waals surface area contributed by atoms with Crippen molar-refractivity contribution in [2.45, 2.75) is 0 Å². The van der Waals surface area contributed by atoms with Gasteiger partial charge in [-0.3, -0.25) is 9.89 Å². The van der Waals surface area contributed by atoms with Crippen LogP contribution >= 0.6 is 7.82 Å². The zero-order valence-corrected chi connectivity index (χ0v) is 7.18. The highest BCUT2D eigenvalue weighted by Crippen LogP contribution is 2.25. The van der Waals surface area contributed by atoms with Crippen LogP contribution in [-0.4, -0.2) is 30.8 Å². The van der Waals surface area contributed by atoms with E-state index in [0.717, 1.165) is 0 Å². The zero-order valence-electron chi connectivity index (χ0n) is 6.28. The molecule has 0 aromatic carbocycles. The highest BCUT2D eigenvalue weighted by Gasteiger charge is 2.00. The van der Waals surface area contributed by atoms with Gasteiger partial charge in [0.1, 0.15) is 0 Å². The number of aromatic amines is 1. The number of hydrogen-bond acceptors (Lipinski definition) is 3. The Hall–Kier alpha value is -1.21. The van der Waals surface area contributed by atoms with E-state index in [1.165, 1.54) is 12.4 Å². The summed E-state index contributed by atoms with van der Waals surface area (Å²) in [7, 11) is -4.64. The summed E-state index contributed by atoms with van der Waals surface area (Å²) in [6.45, 7) is 0. The van der Waals surface area contributed by atoms with E-state index in [-0.39, 0.29) is 0 Å². The first-order chi connectivity index (χ1) is 5.80. The Morgan fingerprint density at radius 3 is 2.15 bits per heavy atom. The van der Waals surface area contributed by atoms with Crippen molar-refractivity contribution in [3.63, 3.8) is 0 Å². The van der Waals surface area contributed by atoms with Gasteiger partial charge in [-0.05, 0) is 0 Å². The molecule has 1 amide bonds. The van der Waals surface area contributed by atoms with Gasteiger partial charge in [0.2, 0.25) is 0 Å². The lowest BCUT2D eigenvalue weighted by Crippen LogP contribution is -2.09. The first-order valence-corrected chi connectivity index (χ1v) is 4.44. The fourth-order valence-corrected chi connectivity index (χ4v) is 0.386. The minimum Gasteiger partial charge on any atom is -0.366 e. The van der Waals surface area contributed by atoms with E-state index in [4.69, 9.17) is 25.0 Å². The lowest BCUT2D eigenvalue weighted by atomic mass is 10.4. The molecule has 0 saturated carbocycles. The van der Waals surface area contributed by atoms with Crippen LogP contribution in [0.25, 0.3) is 0 Å². The number of aromatic nitrogens is 2. The summed E-state index contributed by atoms with van der Waals surface area (Å²) in [6, 6.07) is 0. The molecule has 1 aromatic heterocycles. The Morgan fingerprint density at radius 1 is 1.54 bits per heavy atom. The van der Waals surface area contributed by atoms with E-state index in [1.54, 1.807) is 0 Å². The van der Waals surface area contributed by atoms with Crippen molar-refractivity contribution >= 4 is 13.7 Å². The maximum atomic E-state index is 10.2. The molecule has 0 saturated heterocycles. The van der Waals surface area contributed by atoms with Crippen LogP contribution in [0.15, 0.2) is 12.4 Å². The van der Waals surface area contributed by atoms with Crippen molar-refractivity contribution in [3.8, 4) is 0 Å². The number of rotatable bonds is 1. The summed E-state index contributed by atoms with van der Waals surface area (Å²) in [5.41, 5.74) is 5.27. The van der Waals surface area contributed by atoms with E-state index >= 15 is 0 Å². The van der Waals surface area contributed by atoms with Gasteiger partial charge in [0.05, 0.1) is 11.8 Å². The fourth-order valence-electron chi connectivity index (χ4n) is 0.386. The lowest BCUT2D eigenvalue weighted by molar-refractivity contribution is 0.100. The van der Waals surface area contributed by atoms with Crippen molar-refractivity contribution < 1.29 is 24.0 Å². The Morgan fingerprint density at radius 2 is 2.00 bits per heavy atom. The van der Waals surface area contributed by atoms with Gasteiger partial charge in [-0.1, -0.05) is 0 Å². The minimum atomic E-state index is -4.64. The summed E-state index contributed by atoms with van der Waals surface area (Å²) in [5, 5.41) is 5.98. The van der Waals surface area contributed by atoms with E-state index < -0.39 is 13.7 Å². The molecule has 0 aliphatic heterocycles. The van der Waals surface area contributed by atoms with Crippen molar-refractivity contribution in [2.75, 3.05) is 0 Å². The first kappa shape index (κ1) is 11.8. The molecule has 0 spiro atoms. The third-order valence-corrected chi connectivity index (χ3v) is 0.783. The predicted octanol–water partition coefficient (Wildman–Crippen LogP) is -1.42. The van der Waals surface area contributed by atoms with Crippen LogP contribution in [-0.2, 0) is 4.57 Å². The highest BCUT2D eigenvalue weighted by atomic mass is 31.2. The number of amides is 1. The number of nitrogens with two attached hydrogens (primary N) is 1. The van der Waals surface area contributed by atoms with Crippen LogP contribution in [0, 0.1) is 0 Å². The van der Waals surface area contributed by atoms with Crippen LogP contribution in [0.4, 0.5) is 0 Å². The number of nitrogens with zero attached hydrogens (tertiary/aromatic N) is 1. The third kappa shape index (κ3) is 8.70. The van der Waals surface area contributed by atoms with Crippen molar-refractivity contribution in [1.29, 1.82) is 0 Å². The van der Waals surface area contributed by atoms with Gasteiger partial charge >= 0.3 is 7.82 Å². The number of carbonyl (C=O) groups excluding carboxylic acids is 1. The van der Waals surface area contributed by atoms with Crippen LogP contribution < -0.4 is 5.73 Å². The molecular formula is C4H8N3O5P. The van der Waals surface area contributed by atoms with Crippen molar-refractivity contribution in [1.82, 2.24) is 10.2 Å². The van der Waals surface area contributed by atoms with Crippen LogP contribution in [0.2, 0.25) is 0 Å². The Bertz CT molecular complexity index is 295. The van der Waals surface area contributed by atoms with Gasteiger partial charge in [-0.15, -0.1) is 0 Å². The van der Waals surface area contributed by atoms with Crippen LogP contribution in [0.1, 0.15) is 10.4 Å². The number of nitrogens with one attached hydrogen (secondary N) is 1. The Kier molecular flexibility index (Phi) is 4.29. The number of H-pyrrole nitrogens is 1. The van der Waals surface area contributed by atoms with Gasteiger partial charge in [0.15, 0.2) is 0 Å².